The standard InChI is InChI=1S/C10H18N4/c1-3-14-6-4-8-9(5-7-14)12-13(2)10(8)11/h3-7,11H2,1-2H3. The van der Waals surface area contributed by atoms with Crippen molar-refractivity contribution in [2.75, 3.05) is 25.4 Å². The third kappa shape index (κ3) is 1.50. The first-order valence-corrected chi connectivity index (χ1v) is 5.25. The molecule has 0 atom stereocenters. The van der Waals surface area contributed by atoms with E-state index in [0.29, 0.717) is 0 Å². The van der Waals surface area contributed by atoms with Gasteiger partial charge in [-0.05, 0) is 13.0 Å². The number of anilines is 1. The molecule has 14 heavy (non-hydrogen) atoms. The average molecular weight is 194 g/mol. The molecule has 1 aromatic rings. The number of nitrogen functional groups attached to an aromatic ring is 1. The largest absolute Gasteiger partial charge is 0.384 e. The number of fused-ring (bicyclic) bond motifs is 1. The summed E-state index contributed by atoms with van der Waals surface area (Å²) in [7, 11) is 1.92. The Kier molecular flexibility index (Phi) is 2.46. The Morgan fingerprint density at radius 2 is 2.07 bits per heavy atom. The summed E-state index contributed by atoms with van der Waals surface area (Å²) in [4.78, 5) is 2.45. The van der Waals surface area contributed by atoms with Crippen LogP contribution in [-0.2, 0) is 19.9 Å². The maximum absolute atomic E-state index is 5.96. The van der Waals surface area contributed by atoms with Crippen molar-refractivity contribution in [2.45, 2.75) is 19.8 Å². The predicted octanol–water partition coefficient (Wildman–Crippen LogP) is 0.423. The summed E-state index contributed by atoms with van der Waals surface area (Å²) in [6, 6.07) is 0. The van der Waals surface area contributed by atoms with Gasteiger partial charge < -0.3 is 10.6 Å². The number of nitrogens with zero attached hydrogens (tertiary/aromatic N) is 3. The number of aromatic nitrogens is 2. The number of rotatable bonds is 1. The predicted molar refractivity (Wildman–Crippen MR) is 57.1 cm³/mol. The van der Waals surface area contributed by atoms with Crippen LogP contribution >= 0.6 is 0 Å². The Morgan fingerprint density at radius 1 is 1.36 bits per heavy atom. The Morgan fingerprint density at radius 3 is 2.79 bits per heavy atom. The fourth-order valence-electron chi connectivity index (χ4n) is 2.07. The van der Waals surface area contributed by atoms with Crippen molar-refractivity contribution in [2.24, 2.45) is 7.05 Å². The van der Waals surface area contributed by atoms with Crippen molar-refractivity contribution < 1.29 is 0 Å². The minimum absolute atomic E-state index is 0.845. The fraction of sp³-hybridized carbons (Fsp3) is 0.700. The normalized spacial score (nSPS) is 17.9. The molecule has 2 heterocycles. The van der Waals surface area contributed by atoms with E-state index in [1.54, 1.807) is 4.68 Å². The first-order chi connectivity index (χ1) is 6.72. The zero-order valence-corrected chi connectivity index (χ0v) is 8.95. The molecule has 78 valence electrons. The molecule has 4 heteroatoms. The topological polar surface area (TPSA) is 47.1 Å². The molecule has 2 rings (SSSR count). The SMILES string of the molecule is CCN1CCc2nn(C)c(N)c2CC1. The molecule has 0 aromatic carbocycles. The molecule has 1 aliphatic rings. The second-order valence-corrected chi connectivity index (χ2v) is 3.87. The molecule has 0 saturated heterocycles. The lowest BCUT2D eigenvalue weighted by Crippen LogP contribution is -2.26. The van der Waals surface area contributed by atoms with Crippen molar-refractivity contribution in [3.63, 3.8) is 0 Å². The van der Waals surface area contributed by atoms with Gasteiger partial charge in [0.05, 0.1) is 5.69 Å². The van der Waals surface area contributed by atoms with E-state index in [9.17, 15) is 0 Å². The lowest BCUT2D eigenvalue weighted by Gasteiger charge is -2.16. The smallest absolute Gasteiger partial charge is 0.124 e. The van der Waals surface area contributed by atoms with E-state index in [1.807, 2.05) is 7.05 Å². The highest BCUT2D eigenvalue weighted by Crippen LogP contribution is 2.20. The summed E-state index contributed by atoms with van der Waals surface area (Å²) in [6.07, 6.45) is 2.08. The number of likely N-dealkylation sites (N-methyl/N-ethyl adjacent to an activating group) is 1. The minimum atomic E-state index is 0.845. The van der Waals surface area contributed by atoms with E-state index in [-0.39, 0.29) is 0 Å². The van der Waals surface area contributed by atoms with Crippen LogP contribution in [0.15, 0.2) is 0 Å². The molecule has 0 amide bonds. The lowest BCUT2D eigenvalue weighted by molar-refractivity contribution is 0.302. The van der Waals surface area contributed by atoms with Gasteiger partial charge in [-0.3, -0.25) is 4.68 Å². The van der Waals surface area contributed by atoms with Crippen molar-refractivity contribution in [3.05, 3.63) is 11.3 Å². The summed E-state index contributed by atoms with van der Waals surface area (Å²) < 4.78 is 1.80. The zero-order valence-electron chi connectivity index (χ0n) is 8.95. The summed E-state index contributed by atoms with van der Waals surface area (Å²) in [5.74, 6) is 0.845. The number of hydrogen-bond acceptors (Lipinski definition) is 3. The first-order valence-electron chi connectivity index (χ1n) is 5.25. The summed E-state index contributed by atoms with van der Waals surface area (Å²) >= 11 is 0. The highest BCUT2D eigenvalue weighted by atomic mass is 15.3. The molecule has 1 aromatic heterocycles. The molecule has 0 fully saturated rings. The molecular formula is C10H18N4. The molecule has 0 bridgehead atoms. The van der Waals surface area contributed by atoms with Crippen molar-refractivity contribution in [1.29, 1.82) is 0 Å². The van der Waals surface area contributed by atoms with E-state index in [2.05, 4.69) is 16.9 Å². The molecule has 1 aliphatic heterocycles. The van der Waals surface area contributed by atoms with Gasteiger partial charge in [0.15, 0.2) is 0 Å². The summed E-state index contributed by atoms with van der Waals surface area (Å²) in [5.41, 5.74) is 8.42. The van der Waals surface area contributed by atoms with Crippen LogP contribution in [-0.4, -0.2) is 34.3 Å². The van der Waals surface area contributed by atoms with Gasteiger partial charge in [-0.15, -0.1) is 0 Å². The molecule has 0 aliphatic carbocycles. The third-order valence-electron chi connectivity index (χ3n) is 3.07. The number of nitrogens with two attached hydrogens (primary N) is 1. The number of hydrogen-bond donors (Lipinski definition) is 1. The minimum Gasteiger partial charge on any atom is -0.384 e. The van der Waals surface area contributed by atoms with Crippen LogP contribution < -0.4 is 5.73 Å². The highest BCUT2D eigenvalue weighted by Gasteiger charge is 2.18. The van der Waals surface area contributed by atoms with E-state index >= 15 is 0 Å². The molecule has 0 radical (unpaired) electrons. The van der Waals surface area contributed by atoms with Gasteiger partial charge in [-0.1, -0.05) is 6.92 Å². The van der Waals surface area contributed by atoms with Crippen LogP contribution in [0, 0.1) is 0 Å². The zero-order chi connectivity index (χ0) is 10.1. The number of aryl methyl sites for hydroxylation is 1. The molecule has 2 N–H and O–H groups in total. The van der Waals surface area contributed by atoms with Gasteiger partial charge in [0.2, 0.25) is 0 Å². The Labute approximate surface area is 84.7 Å². The van der Waals surface area contributed by atoms with Crippen LogP contribution in [0.3, 0.4) is 0 Å². The lowest BCUT2D eigenvalue weighted by atomic mass is 10.1. The van der Waals surface area contributed by atoms with Crippen LogP contribution in [0.1, 0.15) is 18.2 Å². The maximum Gasteiger partial charge on any atom is 0.124 e. The van der Waals surface area contributed by atoms with Crippen LogP contribution in [0.5, 0.6) is 0 Å². The van der Waals surface area contributed by atoms with Gasteiger partial charge in [0.25, 0.3) is 0 Å². The quantitative estimate of drug-likeness (QED) is 0.705. The van der Waals surface area contributed by atoms with Crippen molar-refractivity contribution in [1.82, 2.24) is 14.7 Å². The van der Waals surface area contributed by atoms with Crippen LogP contribution in [0.4, 0.5) is 5.82 Å². The van der Waals surface area contributed by atoms with E-state index in [0.717, 1.165) is 38.3 Å². The van der Waals surface area contributed by atoms with Crippen molar-refractivity contribution in [3.8, 4) is 0 Å². The highest BCUT2D eigenvalue weighted by molar-refractivity contribution is 5.44. The monoisotopic (exact) mass is 194 g/mol. The van der Waals surface area contributed by atoms with Gasteiger partial charge in [0.1, 0.15) is 5.82 Å². The van der Waals surface area contributed by atoms with Crippen molar-refractivity contribution >= 4 is 5.82 Å². The Balaban J connectivity index is 2.24. The van der Waals surface area contributed by atoms with Gasteiger partial charge >= 0.3 is 0 Å². The molecule has 4 nitrogen and oxygen atoms in total. The van der Waals surface area contributed by atoms with Gasteiger partial charge in [-0.2, -0.15) is 5.10 Å². The summed E-state index contributed by atoms with van der Waals surface area (Å²) in [5, 5.41) is 4.44. The molecule has 0 unspecified atom stereocenters. The molecule has 0 saturated carbocycles. The Hall–Kier alpha value is -1.03. The van der Waals surface area contributed by atoms with Crippen LogP contribution in [0.25, 0.3) is 0 Å². The first kappa shape index (κ1) is 9.52. The average Bonchev–Trinajstić information content (AvgIpc) is 2.40. The Bertz CT molecular complexity index is 329. The third-order valence-corrected chi connectivity index (χ3v) is 3.07. The van der Waals surface area contributed by atoms with E-state index in [1.165, 1.54) is 11.3 Å². The molecule has 0 spiro atoms. The second kappa shape index (κ2) is 3.61. The van der Waals surface area contributed by atoms with E-state index in [4.69, 9.17) is 5.73 Å². The molecular weight excluding hydrogens is 176 g/mol. The van der Waals surface area contributed by atoms with E-state index < -0.39 is 0 Å². The fourth-order valence-corrected chi connectivity index (χ4v) is 2.07. The van der Waals surface area contributed by atoms with Gasteiger partial charge in [0, 0.05) is 32.1 Å². The maximum atomic E-state index is 5.96. The summed E-state index contributed by atoms with van der Waals surface area (Å²) in [6.45, 7) is 5.54. The van der Waals surface area contributed by atoms with Crippen LogP contribution in [0.2, 0.25) is 0 Å². The second-order valence-electron chi connectivity index (χ2n) is 3.87. The van der Waals surface area contributed by atoms with Gasteiger partial charge in [-0.25, -0.2) is 0 Å².